The van der Waals surface area contributed by atoms with E-state index in [1.54, 1.807) is 29.1 Å². The molecule has 2 aromatic rings. The second-order valence-corrected chi connectivity index (χ2v) is 4.22. The molecular weight excluding hydrogens is 246 g/mol. The Labute approximate surface area is 109 Å². The van der Waals surface area contributed by atoms with E-state index in [1.165, 1.54) is 10.6 Å². The predicted octanol–water partition coefficient (Wildman–Crippen LogP) is 1.20. The van der Waals surface area contributed by atoms with Crippen LogP contribution >= 0.6 is 0 Å². The van der Waals surface area contributed by atoms with E-state index in [2.05, 4.69) is 4.98 Å². The second kappa shape index (κ2) is 5.51. The largest absolute Gasteiger partial charge is 0.477 e. The molecule has 0 fully saturated rings. The zero-order valence-corrected chi connectivity index (χ0v) is 10.6. The summed E-state index contributed by atoms with van der Waals surface area (Å²) in [6.45, 7) is 2.95. The van der Waals surface area contributed by atoms with Crippen LogP contribution < -0.4 is 5.69 Å². The molecule has 0 aromatic carbocycles. The number of carboxylic acid groups (broad SMARTS) is 1. The van der Waals surface area contributed by atoms with Gasteiger partial charge in [-0.3, -0.25) is 9.13 Å². The van der Waals surface area contributed by atoms with Gasteiger partial charge in [-0.25, -0.2) is 14.6 Å². The molecule has 0 unspecified atom stereocenters. The SMILES string of the molecule is CCCn1ccn(Cc2cccc(C(=O)O)n2)c1=O. The van der Waals surface area contributed by atoms with Crippen LogP contribution in [0.4, 0.5) is 0 Å². The number of hydrogen-bond acceptors (Lipinski definition) is 3. The lowest BCUT2D eigenvalue weighted by atomic mass is 10.3. The first-order chi connectivity index (χ1) is 9.11. The average Bonchev–Trinajstić information content (AvgIpc) is 2.72. The maximum absolute atomic E-state index is 12.0. The van der Waals surface area contributed by atoms with Crippen LogP contribution in [0.3, 0.4) is 0 Å². The maximum Gasteiger partial charge on any atom is 0.354 e. The van der Waals surface area contributed by atoms with Gasteiger partial charge in [-0.1, -0.05) is 13.0 Å². The molecule has 0 amide bonds. The van der Waals surface area contributed by atoms with Crippen LogP contribution in [0.2, 0.25) is 0 Å². The lowest BCUT2D eigenvalue weighted by Crippen LogP contribution is -2.24. The molecular formula is C13H15N3O3. The Hall–Kier alpha value is -2.37. The third-order valence-corrected chi connectivity index (χ3v) is 2.74. The summed E-state index contributed by atoms with van der Waals surface area (Å²) in [5.74, 6) is -1.07. The van der Waals surface area contributed by atoms with E-state index in [-0.39, 0.29) is 17.9 Å². The first kappa shape index (κ1) is 13.1. The van der Waals surface area contributed by atoms with Crippen molar-refractivity contribution in [2.24, 2.45) is 0 Å². The Kier molecular flexibility index (Phi) is 3.79. The van der Waals surface area contributed by atoms with Crippen LogP contribution in [0, 0.1) is 0 Å². The number of hydrogen-bond donors (Lipinski definition) is 1. The first-order valence-electron chi connectivity index (χ1n) is 6.06. The van der Waals surface area contributed by atoms with Gasteiger partial charge in [-0.15, -0.1) is 0 Å². The van der Waals surface area contributed by atoms with Crippen LogP contribution in [0.1, 0.15) is 29.5 Å². The van der Waals surface area contributed by atoms with Gasteiger partial charge in [0.05, 0.1) is 12.2 Å². The molecule has 6 heteroatoms. The van der Waals surface area contributed by atoms with Crippen LogP contribution in [-0.4, -0.2) is 25.2 Å². The number of pyridine rings is 1. The highest BCUT2D eigenvalue weighted by Gasteiger charge is 2.07. The van der Waals surface area contributed by atoms with Crippen molar-refractivity contribution in [2.45, 2.75) is 26.4 Å². The topological polar surface area (TPSA) is 77.1 Å². The summed E-state index contributed by atoms with van der Waals surface area (Å²) in [4.78, 5) is 26.8. The highest BCUT2D eigenvalue weighted by atomic mass is 16.4. The number of aromatic carboxylic acids is 1. The van der Waals surface area contributed by atoms with Crippen molar-refractivity contribution < 1.29 is 9.90 Å². The first-order valence-corrected chi connectivity index (χ1v) is 6.06. The van der Waals surface area contributed by atoms with E-state index in [9.17, 15) is 9.59 Å². The van der Waals surface area contributed by atoms with E-state index in [4.69, 9.17) is 5.11 Å². The Morgan fingerprint density at radius 2 is 2.05 bits per heavy atom. The Morgan fingerprint density at radius 1 is 1.32 bits per heavy atom. The fourth-order valence-electron chi connectivity index (χ4n) is 1.85. The molecule has 0 spiro atoms. The van der Waals surface area contributed by atoms with Crippen molar-refractivity contribution in [3.63, 3.8) is 0 Å². The molecule has 0 saturated heterocycles. The lowest BCUT2D eigenvalue weighted by molar-refractivity contribution is 0.0690. The van der Waals surface area contributed by atoms with Crippen LogP contribution in [0.15, 0.2) is 35.4 Å². The van der Waals surface area contributed by atoms with Gasteiger partial charge in [0.2, 0.25) is 0 Å². The number of aryl methyl sites for hydroxylation is 1. The quantitative estimate of drug-likeness (QED) is 0.877. The van der Waals surface area contributed by atoms with Gasteiger partial charge in [-0.2, -0.15) is 0 Å². The minimum atomic E-state index is -1.07. The molecule has 2 heterocycles. The highest BCUT2D eigenvalue weighted by molar-refractivity contribution is 5.85. The summed E-state index contributed by atoms with van der Waals surface area (Å²) < 4.78 is 3.14. The van der Waals surface area contributed by atoms with Crippen molar-refractivity contribution in [3.05, 3.63) is 52.5 Å². The van der Waals surface area contributed by atoms with Gasteiger partial charge in [-0.05, 0) is 18.6 Å². The smallest absolute Gasteiger partial charge is 0.354 e. The summed E-state index contributed by atoms with van der Waals surface area (Å²) in [6, 6.07) is 4.76. The maximum atomic E-state index is 12.0. The Morgan fingerprint density at radius 3 is 2.74 bits per heavy atom. The summed E-state index contributed by atoms with van der Waals surface area (Å²) in [6.07, 6.45) is 4.30. The molecule has 0 aliphatic rings. The number of carbonyl (C=O) groups is 1. The molecule has 6 nitrogen and oxygen atoms in total. The van der Waals surface area contributed by atoms with Crippen molar-refractivity contribution >= 4 is 5.97 Å². The van der Waals surface area contributed by atoms with Crippen LogP contribution in [-0.2, 0) is 13.1 Å². The molecule has 0 aliphatic carbocycles. The lowest BCUT2D eigenvalue weighted by Gasteiger charge is -2.02. The molecule has 0 bridgehead atoms. The van der Waals surface area contributed by atoms with Gasteiger partial charge in [0.15, 0.2) is 0 Å². The molecule has 0 atom stereocenters. The molecule has 100 valence electrons. The van der Waals surface area contributed by atoms with E-state index >= 15 is 0 Å². The minimum Gasteiger partial charge on any atom is -0.477 e. The van der Waals surface area contributed by atoms with Gasteiger partial charge in [0, 0.05) is 18.9 Å². The number of nitrogens with zero attached hydrogens (tertiary/aromatic N) is 3. The van der Waals surface area contributed by atoms with Crippen molar-refractivity contribution in [3.8, 4) is 0 Å². The van der Waals surface area contributed by atoms with Gasteiger partial charge >= 0.3 is 11.7 Å². The predicted molar refractivity (Wildman–Crippen MR) is 69.3 cm³/mol. The monoisotopic (exact) mass is 261 g/mol. The van der Waals surface area contributed by atoms with Crippen LogP contribution in [0.25, 0.3) is 0 Å². The van der Waals surface area contributed by atoms with E-state index in [0.29, 0.717) is 12.2 Å². The number of imidazole rings is 1. The third-order valence-electron chi connectivity index (χ3n) is 2.74. The molecule has 2 rings (SSSR count). The van der Waals surface area contributed by atoms with E-state index < -0.39 is 5.97 Å². The Bertz CT molecular complexity index is 643. The van der Waals surface area contributed by atoms with Crippen molar-refractivity contribution in [2.75, 3.05) is 0 Å². The zero-order valence-electron chi connectivity index (χ0n) is 10.6. The fraction of sp³-hybridized carbons (Fsp3) is 0.308. The van der Waals surface area contributed by atoms with E-state index in [0.717, 1.165) is 6.42 Å². The third kappa shape index (κ3) is 2.90. The Balaban J connectivity index is 2.24. The molecule has 2 aromatic heterocycles. The number of rotatable bonds is 5. The van der Waals surface area contributed by atoms with Crippen molar-refractivity contribution in [1.29, 1.82) is 0 Å². The van der Waals surface area contributed by atoms with Crippen LogP contribution in [0.5, 0.6) is 0 Å². The second-order valence-electron chi connectivity index (χ2n) is 4.22. The summed E-state index contributed by atoms with van der Waals surface area (Å²) in [5.41, 5.74) is 0.430. The molecule has 1 N–H and O–H groups in total. The molecule has 19 heavy (non-hydrogen) atoms. The molecule has 0 radical (unpaired) electrons. The normalized spacial score (nSPS) is 10.6. The number of carboxylic acids is 1. The fourth-order valence-corrected chi connectivity index (χ4v) is 1.85. The van der Waals surface area contributed by atoms with Crippen molar-refractivity contribution in [1.82, 2.24) is 14.1 Å². The summed E-state index contributed by atoms with van der Waals surface area (Å²) in [5, 5.41) is 8.87. The summed E-state index contributed by atoms with van der Waals surface area (Å²) >= 11 is 0. The standard InChI is InChI=1S/C13H15N3O3/c1-2-6-15-7-8-16(13(15)19)9-10-4-3-5-11(14-10)12(17)18/h3-5,7-8H,2,6,9H2,1H3,(H,17,18). The zero-order chi connectivity index (χ0) is 13.8. The van der Waals surface area contributed by atoms with Gasteiger partial charge in [0.25, 0.3) is 0 Å². The average molecular weight is 261 g/mol. The van der Waals surface area contributed by atoms with Gasteiger partial charge < -0.3 is 5.11 Å². The van der Waals surface area contributed by atoms with E-state index in [1.807, 2.05) is 6.92 Å². The summed E-state index contributed by atoms with van der Waals surface area (Å²) in [7, 11) is 0. The molecule has 0 saturated carbocycles. The molecule has 0 aliphatic heterocycles. The van der Waals surface area contributed by atoms with Gasteiger partial charge in [0.1, 0.15) is 5.69 Å². The highest BCUT2D eigenvalue weighted by Crippen LogP contribution is 2.01. The number of aromatic nitrogens is 3. The minimum absolute atomic E-state index is 0.0152.